The Morgan fingerprint density at radius 1 is 0.684 bits per heavy atom. The molecule has 17 heteroatoms. The maximum atomic E-state index is 12.5. The summed E-state index contributed by atoms with van der Waals surface area (Å²) >= 11 is 9.56. The number of rotatable bonds is 8. The Kier molecular flexibility index (Phi) is 12.6. The summed E-state index contributed by atoms with van der Waals surface area (Å²) in [7, 11) is 0. The molecule has 0 atom stereocenters. The van der Waals surface area contributed by atoms with Crippen molar-refractivity contribution in [3.63, 3.8) is 0 Å². The fourth-order valence-corrected chi connectivity index (χ4v) is 2.71. The number of carbonyl (C=O) groups is 1. The summed E-state index contributed by atoms with van der Waals surface area (Å²) in [6.07, 6.45) is -9.12. The van der Waals surface area contributed by atoms with E-state index in [0.29, 0.717) is 5.56 Å². The minimum atomic E-state index is -4.56. The topological polar surface area (TPSA) is 117 Å². The molecule has 0 saturated heterocycles. The number of benzene rings is 2. The monoisotopic (exact) mass is 624 g/mol. The SMILES string of the molecule is NC(=O)c1ccc(C(=N\N=C(/[S-])NCC(F)(F)F)/C(=N/N=C(\[S-])NCC(F)(F)F)c2ccccc2)cc1.[Cu+2]. The molecule has 2 rings (SSSR count). The van der Waals surface area contributed by atoms with Crippen LogP contribution in [-0.2, 0) is 42.3 Å². The largest absolute Gasteiger partial charge is 2.00 e. The molecule has 0 bridgehead atoms. The molecule has 0 aromatic heterocycles. The van der Waals surface area contributed by atoms with Crippen LogP contribution >= 0.6 is 0 Å². The molecule has 0 saturated carbocycles. The second-order valence-corrected chi connectivity index (χ2v) is 7.73. The van der Waals surface area contributed by atoms with Gasteiger partial charge in [-0.15, -0.1) is 10.2 Å². The van der Waals surface area contributed by atoms with Crippen LogP contribution in [0.4, 0.5) is 26.3 Å². The summed E-state index contributed by atoms with van der Waals surface area (Å²) in [4.78, 5) is 11.4. The van der Waals surface area contributed by atoms with Crippen molar-refractivity contribution >= 4 is 52.9 Å². The molecule has 207 valence electrons. The number of amidine groups is 2. The molecule has 0 unspecified atom stereocenters. The van der Waals surface area contributed by atoms with Gasteiger partial charge in [0, 0.05) is 16.7 Å². The van der Waals surface area contributed by atoms with E-state index in [1.54, 1.807) is 30.3 Å². The normalized spacial score (nSPS) is 13.5. The van der Waals surface area contributed by atoms with Crippen LogP contribution in [-0.4, -0.2) is 53.1 Å². The van der Waals surface area contributed by atoms with Gasteiger partial charge in [0.1, 0.15) is 24.5 Å². The Hall–Kier alpha value is -3.27. The first kappa shape index (κ1) is 32.8. The quantitative estimate of drug-likeness (QED) is 0.104. The molecule has 0 fully saturated rings. The van der Waals surface area contributed by atoms with Gasteiger partial charge >= 0.3 is 29.4 Å². The number of alkyl halides is 6. The number of halogens is 6. The second-order valence-electron chi connectivity index (χ2n) is 6.95. The third-order valence-corrected chi connectivity index (χ3v) is 4.53. The Morgan fingerprint density at radius 2 is 1.05 bits per heavy atom. The Balaban J connectivity index is 0.00000722. The minimum Gasteiger partial charge on any atom is -0.741 e. The van der Waals surface area contributed by atoms with Crippen LogP contribution < -0.4 is 16.4 Å². The van der Waals surface area contributed by atoms with Gasteiger partial charge < -0.3 is 41.6 Å². The predicted molar refractivity (Wildman–Crippen MR) is 132 cm³/mol. The van der Waals surface area contributed by atoms with Crippen molar-refractivity contribution in [2.45, 2.75) is 12.4 Å². The predicted octanol–water partition coefficient (Wildman–Crippen LogP) is 3.00. The van der Waals surface area contributed by atoms with E-state index in [0.717, 1.165) is 0 Å². The van der Waals surface area contributed by atoms with E-state index in [1.165, 1.54) is 24.3 Å². The average molecular weight is 625 g/mol. The van der Waals surface area contributed by atoms with E-state index >= 15 is 0 Å². The summed E-state index contributed by atoms with van der Waals surface area (Å²) < 4.78 is 74.9. The van der Waals surface area contributed by atoms with E-state index in [9.17, 15) is 31.1 Å². The summed E-state index contributed by atoms with van der Waals surface area (Å²) in [5, 5.41) is 17.7. The Labute approximate surface area is 234 Å². The third-order valence-electron chi connectivity index (χ3n) is 4.08. The first-order valence-electron chi connectivity index (χ1n) is 9.98. The van der Waals surface area contributed by atoms with Crippen molar-refractivity contribution in [1.29, 1.82) is 0 Å². The summed E-state index contributed by atoms with van der Waals surface area (Å²) in [5.74, 6) is -0.722. The first-order chi connectivity index (χ1) is 17.2. The first-order valence-corrected chi connectivity index (χ1v) is 10.8. The zero-order valence-electron chi connectivity index (χ0n) is 18.8. The van der Waals surface area contributed by atoms with Crippen molar-refractivity contribution in [2.75, 3.05) is 13.1 Å². The average Bonchev–Trinajstić information content (AvgIpc) is 2.83. The number of carbonyl (C=O) groups excluding carboxylic acids is 1. The van der Waals surface area contributed by atoms with Crippen LogP contribution in [0.25, 0.3) is 0 Å². The Bertz CT molecular complexity index is 1200. The van der Waals surface area contributed by atoms with Gasteiger partial charge in [-0.2, -0.15) is 36.5 Å². The number of amides is 1. The summed E-state index contributed by atoms with van der Waals surface area (Å²) in [5.41, 5.74) is 5.84. The number of primary amides is 1. The van der Waals surface area contributed by atoms with Gasteiger partial charge in [-0.1, -0.05) is 42.5 Å². The molecule has 2 aromatic carbocycles. The van der Waals surface area contributed by atoms with Crippen molar-refractivity contribution in [3.8, 4) is 0 Å². The third kappa shape index (κ3) is 11.9. The van der Waals surface area contributed by atoms with Crippen LogP contribution in [0.3, 0.4) is 0 Å². The number of nitrogens with two attached hydrogens (primary N) is 1. The molecule has 0 aliphatic heterocycles. The molecule has 1 radical (unpaired) electrons. The molecular formula is C21H17CuF6N7OS2. The number of hydrogen-bond acceptors (Lipinski definition) is 7. The molecule has 0 spiro atoms. The maximum absolute atomic E-state index is 12.5. The van der Waals surface area contributed by atoms with Gasteiger partial charge in [0.05, 0.1) is 0 Å². The zero-order valence-corrected chi connectivity index (χ0v) is 21.3. The van der Waals surface area contributed by atoms with Gasteiger partial charge in [-0.25, -0.2) is 0 Å². The van der Waals surface area contributed by atoms with E-state index in [1.807, 2.05) is 10.6 Å². The summed E-state index contributed by atoms with van der Waals surface area (Å²) in [6.45, 7) is -2.91. The van der Waals surface area contributed by atoms with Gasteiger partial charge in [0.15, 0.2) is 0 Å². The molecule has 4 N–H and O–H groups in total. The van der Waals surface area contributed by atoms with Gasteiger partial charge in [-0.05, 0) is 22.5 Å². The van der Waals surface area contributed by atoms with Crippen molar-refractivity contribution in [3.05, 3.63) is 71.3 Å². The molecule has 8 nitrogen and oxygen atoms in total. The fraction of sp³-hybridized carbons (Fsp3) is 0.190. The second kappa shape index (κ2) is 14.6. The molecule has 0 aliphatic rings. The van der Waals surface area contributed by atoms with Crippen LogP contribution in [0.2, 0.25) is 0 Å². The number of nitrogens with zero attached hydrogens (tertiary/aromatic N) is 4. The molecule has 1 amide bonds. The minimum absolute atomic E-state index is 0. The van der Waals surface area contributed by atoms with Gasteiger partial charge in [-0.3, -0.25) is 4.79 Å². The van der Waals surface area contributed by atoms with Crippen molar-refractivity contribution < 1.29 is 48.2 Å². The molecule has 38 heavy (non-hydrogen) atoms. The number of hydrogen-bond donors (Lipinski definition) is 3. The summed E-state index contributed by atoms with van der Waals surface area (Å²) in [6, 6.07) is 13.5. The number of nitrogens with one attached hydrogen (secondary N) is 2. The fourth-order valence-electron chi connectivity index (χ4n) is 2.49. The van der Waals surface area contributed by atoms with Crippen LogP contribution in [0, 0.1) is 0 Å². The van der Waals surface area contributed by atoms with Gasteiger partial charge in [0.2, 0.25) is 5.91 Å². The van der Waals surface area contributed by atoms with E-state index in [2.05, 4.69) is 20.4 Å². The zero-order chi connectivity index (χ0) is 27.6. The smallest absolute Gasteiger partial charge is 0.741 e. The van der Waals surface area contributed by atoms with E-state index in [-0.39, 0.29) is 39.6 Å². The van der Waals surface area contributed by atoms with Crippen LogP contribution in [0.15, 0.2) is 75.0 Å². The van der Waals surface area contributed by atoms with Gasteiger partial charge in [0.25, 0.3) is 0 Å². The maximum Gasteiger partial charge on any atom is 2.00 e. The molecular weight excluding hydrogens is 608 g/mol. The Morgan fingerprint density at radius 3 is 1.42 bits per heavy atom. The van der Waals surface area contributed by atoms with E-state index in [4.69, 9.17) is 31.0 Å². The van der Waals surface area contributed by atoms with Crippen molar-refractivity contribution in [2.24, 2.45) is 26.1 Å². The molecule has 2 aromatic rings. The van der Waals surface area contributed by atoms with Crippen molar-refractivity contribution in [1.82, 2.24) is 10.6 Å². The van der Waals surface area contributed by atoms with Crippen LogP contribution in [0.5, 0.6) is 0 Å². The van der Waals surface area contributed by atoms with Crippen LogP contribution in [0.1, 0.15) is 21.5 Å². The standard InChI is InChI=1S/C21H19F6N7OS2.Cu/c22-20(23,24)10-29-18(36)33-31-15(12-4-2-1-3-5-12)16(13-6-8-14(9-7-13)17(28)35)32-34-19(37)30-11-21(25,26)27;/h1-9H,10-11H2,(H2,28,35)(H2,29,33,36)(H2,30,34,37);/q;+2/p-2/b31-15+,32-16+;. The van der Waals surface area contributed by atoms with E-state index < -0.39 is 41.7 Å². The molecule has 0 aliphatic carbocycles. The molecule has 0 heterocycles.